The summed E-state index contributed by atoms with van der Waals surface area (Å²) in [5, 5.41) is 6.98. The van der Waals surface area contributed by atoms with Gasteiger partial charge >= 0.3 is 0 Å². The summed E-state index contributed by atoms with van der Waals surface area (Å²) in [6.45, 7) is 1.94. The van der Waals surface area contributed by atoms with E-state index in [1.165, 1.54) is 6.33 Å². The SMILES string of the molecule is Cc1cccnc1-c1noc(NC(=O)Cc2ccccc2)c1-c1ccncn1. The first-order chi connectivity index (χ1) is 13.7. The molecular weight excluding hydrogens is 354 g/mol. The highest BCUT2D eigenvalue weighted by Crippen LogP contribution is 2.36. The predicted molar refractivity (Wildman–Crippen MR) is 104 cm³/mol. The zero-order valence-corrected chi connectivity index (χ0v) is 15.2. The van der Waals surface area contributed by atoms with Crippen LogP contribution in [0.2, 0.25) is 0 Å². The van der Waals surface area contributed by atoms with Crippen molar-refractivity contribution in [3.05, 3.63) is 78.4 Å². The van der Waals surface area contributed by atoms with Gasteiger partial charge in [0.15, 0.2) is 0 Å². The van der Waals surface area contributed by atoms with E-state index in [4.69, 9.17) is 4.52 Å². The number of nitrogens with one attached hydrogen (secondary N) is 1. The van der Waals surface area contributed by atoms with Crippen molar-refractivity contribution in [1.29, 1.82) is 0 Å². The summed E-state index contributed by atoms with van der Waals surface area (Å²) in [6.07, 6.45) is 4.98. The molecule has 3 heterocycles. The number of carbonyl (C=O) groups excluding carboxylic acids is 1. The number of hydrogen-bond acceptors (Lipinski definition) is 6. The van der Waals surface area contributed by atoms with E-state index in [9.17, 15) is 4.79 Å². The van der Waals surface area contributed by atoms with Crippen LogP contribution in [0, 0.1) is 6.92 Å². The number of nitrogens with zero attached hydrogens (tertiary/aromatic N) is 4. The predicted octanol–water partition coefficient (Wildman–Crippen LogP) is 3.68. The van der Waals surface area contributed by atoms with E-state index >= 15 is 0 Å². The van der Waals surface area contributed by atoms with Crippen LogP contribution >= 0.6 is 0 Å². The minimum Gasteiger partial charge on any atom is -0.337 e. The first kappa shape index (κ1) is 17.5. The Labute approximate surface area is 161 Å². The van der Waals surface area contributed by atoms with E-state index in [1.54, 1.807) is 18.5 Å². The van der Waals surface area contributed by atoms with Gasteiger partial charge in [-0.05, 0) is 30.2 Å². The van der Waals surface area contributed by atoms with Gasteiger partial charge in [0.2, 0.25) is 11.8 Å². The Balaban J connectivity index is 1.72. The molecule has 7 heteroatoms. The summed E-state index contributed by atoms with van der Waals surface area (Å²) >= 11 is 0. The average molecular weight is 371 g/mol. The van der Waals surface area contributed by atoms with Crippen LogP contribution in [0.25, 0.3) is 22.6 Å². The Morgan fingerprint density at radius 3 is 2.61 bits per heavy atom. The van der Waals surface area contributed by atoms with Crippen LogP contribution in [0.1, 0.15) is 11.1 Å². The van der Waals surface area contributed by atoms with Crippen molar-refractivity contribution in [2.45, 2.75) is 13.3 Å². The Hall–Kier alpha value is -3.87. The fourth-order valence-corrected chi connectivity index (χ4v) is 2.90. The molecule has 0 saturated carbocycles. The molecule has 0 aliphatic heterocycles. The molecule has 0 aliphatic rings. The van der Waals surface area contributed by atoms with Gasteiger partial charge in [0.1, 0.15) is 12.0 Å². The van der Waals surface area contributed by atoms with Crippen molar-refractivity contribution < 1.29 is 9.32 Å². The lowest BCUT2D eigenvalue weighted by Crippen LogP contribution is -2.14. The number of pyridine rings is 1. The van der Waals surface area contributed by atoms with Crippen molar-refractivity contribution >= 4 is 11.8 Å². The van der Waals surface area contributed by atoms with Gasteiger partial charge < -0.3 is 4.52 Å². The highest BCUT2D eigenvalue weighted by Gasteiger charge is 2.23. The zero-order valence-electron chi connectivity index (χ0n) is 15.2. The van der Waals surface area contributed by atoms with Crippen LogP contribution in [0.3, 0.4) is 0 Å². The summed E-state index contributed by atoms with van der Waals surface area (Å²) in [5.41, 5.74) is 4.20. The minimum absolute atomic E-state index is 0.207. The molecule has 0 spiro atoms. The Bertz CT molecular complexity index is 1090. The first-order valence-corrected chi connectivity index (χ1v) is 8.74. The van der Waals surface area contributed by atoms with E-state index in [1.807, 2.05) is 49.4 Å². The molecule has 28 heavy (non-hydrogen) atoms. The van der Waals surface area contributed by atoms with E-state index in [0.717, 1.165) is 11.1 Å². The van der Waals surface area contributed by atoms with E-state index in [2.05, 4.69) is 25.4 Å². The standard InChI is InChI=1S/C21H17N5O2/c1-14-6-5-10-23-19(14)20-18(16-9-11-22-13-24-16)21(28-26-20)25-17(27)12-15-7-3-2-4-8-15/h2-11,13H,12H2,1H3,(H,25,27). The molecule has 1 amide bonds. The summed E-state index contributed by atoms with van der Waals surface area (Å²) in [4.78, 5) is 25.2. The van der Waals surface area contributed by atoms with Gasteiger partial charge in [0.25, 0.3) is 0 Å². The second kappa shape index (κ2) is 7.79. The van der Waals surface area contributed by atoms with Gasteiger partial charge in [-0.3, -0.25) is 15.1 Å². The van der Waals surface area contributed by atoms with Gasteiger partial charge in [-0.15, -0.1) is 0 Å². The molecule has 4 aromatic rings. The third-order valence-electron chi connectivity index (χ3n) is 4.22. The molecule has 7 nitrogen and oxygen atoms in total. The molecule has 0 unspecified atom stereocenters. The second-order valence-electron chi connectivity index (χ2n) is 6.21. The number of rotatable bonds is 5. The molecule has 3 aromatic heterocycles. The van der Waals surface area contributed by atoms with Gasteiger partial charge in [-0.1, -0.05) is 41.6 Å². The van der Waals surface area contributed by atoms with Crippen molar-refractivity contribution in [3.8, 4) is 22.6 Å². The van der Waals surface area contributed by atoms with Crippen LogP contribution in [-0.4, -0.2) is 26.0 Å². The molecule has 0 atom stereocenters. The summed E-state index contributed by atoms with van der Waals surface area (Å²) in [5.74, 6) is 0.0293. The largest absolute Gasteiger partial charge is 0.337 e. The van der Waals surface area contributed by atoms with Gasteiger partial charge in [0, 0.05) is 12.4 Å². The van der Waals surface area contributed by atoms with E-state index in [0.29, 0.717) is 22.6 Å². The monoisotopic (exact) mass is 371 g/mol. The number of anilines is 1. The smallest absolute Gasteiger partial charge is 0.241 e. The first-order valence-electron chi connectivity index (χ1n) is 8.74. The topological polar surface area (TPSA) is 93.8 Å². The Morgan fingerprint density at radius 2 is 1.86 bits per heavy atom. The lowest BCUT2D eigenvalue weighted by Gasteiger charge is -2.06. The summed E-state index contributed by atoms with van der Waals surface area (Å²) in [7, 11) is 0. The van der Waals surface area contributed by atoms with Crippen LogP contribution < -0.4 is 5.32 Å². The number of hydrogen-bond donors (Lipinski definition) is 1. The normalized spacial score (nSPS) is 10.6. The molecule has 4 rings (SSSR count). The van der Waals surface area contributed by atoms with Crippen molar-refractivity contribution in [3.63, 3.8) is 0 Å². The number of aromatic nitrogens is 4. The van der Waals surface area contributed by atoms with Gasteiger partial charge in [0.05, 0.1) is 23.4 Å². The lowest BCUT2D eigenvalue weighted by molar-refractivity contribution is -0.115. The number of carbonyl (C=O) groups is 1. The molecule has 138 valence electrons. The maximum atomic E-state index is 12.5. The lowest BCUT2D eigenvalue weighted by atomic mass is 10.1. The van der Waals surface area contributed by atoms with E-state index < -0.39 is 0 Å². The highest BCUT2D eigenvalue weighted by molar-refractivity contribution is 5.97. The summed E-state index contributed by atoms with van der Waals surface area (Å²) in [6, 6.07) is 15.0. The fraction of sp³-hybridized carbons (Fsp3) is 0.0952. The van der Waals surface area contributed by atoms with Crippen LogP contribution in [0.5, 0.6) is 0 Å². The molecule has 0 fully saturated rings. The van der Waals surface area contributed by atoms with Gasteiger partial charge in [-0.2, -0.15) is 0 Å². The van der Waals surface area contributed by atoms with Crippen LogP contribution in [0.15, 0.2) is 71.8 Å². The van der Waals surface area contributed by atoms with Crippen LogP contribution in [0.4, 0.5) is 5.88 Å². The second-order valence-corrected chi connectivity index (χ2v) is 6.21. The maximum absolute atomic E-state index is 12.5. The van der Waals surface area contributed by atoms with Gasteiger partial charge in [-0.25, -0.2) is 9.97 Å². The molecule has 0 aliphatic carbocycles. The quantitative estimate of drug-likeness (QED) is 0.575. The molecule has 1 aromatic carbocycles. The third-order valence-corrected chi connectivity index (χ3v) is 4.22. The van der Waals surface area contributed by atoms with Crippen molar-refractivity contribution in [2.75, 3.05) is 5.32 Å². The van der Waals surface area contributed by atoms with Crippen molar-refractivity contribution in [2.24, 2.45) is 0 Å². The highest BCUT2D eigenvalue weighted by atomic mass is 16.5. The molecule has 0 bridgehead atoms. The Kier molecular flexibility index (Phi) is 4.88. The minimum atomic E-state index is -0.207. The number of amides is 1. The molecule has 0 radical (unpaired) electrons. The molecule has 1 N–H and O–H groups in total. The van der Waals surface area contributed by atoms with Crippen LogP contribution in [-0.2, 0) is 11.2 Å². The van der Waals surface area contributed by atoms with E-state index in [-0.39, 0.29) is 18.2 Å². The average Bonchev–Trinajstić information content (AvgIpc) is 3.13. The number of aryl methyl sites for hydroxylation is 1. The van der Waals surface area contributed by atoms with Crippen molar-refractivity contribution in [1.82, 2.24) is 20.1 Å². The number of benzene rings is 1. The maximum Gasteiger partial charge on any atom is 0.241 e. The molecular formula is C21H17N5O2. The fourth-order valence-electron chi connectivity index (χ4n) is 2.90. The third kappa shape index (κ3) is 3.64. The summed E-state index contributed by atoms with van der Waals surface area (Å²) < 4.78 is 5.49. The molecule has 0 saturated heterocycles. The Morgan fingerprint density at radius 1 is 1.00 bits per heavy atom. The zero-order chi connectivity index (χ0) is 19.3.